The number of morpholine rings is 1. The number of aromatic nitrogens is 2. The Hall–Kier alpha value is -3.69. The first-order valence-electron chi connectivity index (χ1n) is 11.0. The Kier molecular flexibility index (Phi) is 7.68. The number of amides is 3. The van der Waals surface area contributed by atoms with Gasteiger partial charge in [-0.3, -0.25) is 14.8 Å². The topological polar surface area (TPSA) is 111 Å². The Bertz CT molecular complexity index is 1050. The van der Waals surface area contributed by atoms with E-state index in [1.807, 2.05) is 54.6 Å². The standard InChI is InChI=1S/C24H28N6O3/c31-23(27-20-8-6-19(7-9-20)17-30-12-14-33-15-13-30)22-21(16-26-29-22)28-24(32)25-11-10-18-4-2-1-3-5-18/h1-9,16H,10-15,17H2,(H,26,29)(H,27,31)(H2,25,28,32). The Morgan fingerprint density at radius 2 is 1.73 bits per heavy atom. The Labute approximate surface area is 192 Å². The normalized spacial score (nSPS) is 13.9. The van der Waals surface area contributed by atoms with Crippen molar-refractivity contribution in [1.82, 2.24) is 20.4 Å². The van der Waals surface area contributed by atoms with Crippen molar-refractivity contribution in [2.45, 2.75) is 13.0 Å². The molecule has 0 unspecified atom stereocenters. The Morgan fingerprint density at radius 3 is 2.48 bits per heavy atom. The Morgan fingerprint density at radius 1 is 0.970 bits per heavy atom. The molecule has 2 heterocycles. The average molecular weight is 449 g/mol. The van der Waals surface area contributed by atoms with Crippen LogP contribution in [0.3, 0.4) is 0 Å². The van der Waals surface area contributed by atoms with Crippen LogP contribution < -0.4 is 16.0 Å². The quantitative estimate of drug-likeness (QED) is 0.423. The zero-order valence-corrected chi connectivity index (χ0v) is 18.3. The minimum Gasteiger partial charge on any atom is -0.379 e. The molecule has 1 aliphatic rings. The molecule has 0 aliphatic carbocycles. The first-order chi connectivity index (χ1) is 16.2. The number of hydrogen-bond acceptors (Lipinski definition) is 5. The maximum atomic E-state index is 12.7. The molecule has 0 radical (unpaired) electrons. The number of nitrogens with one attached hydrogen (secondary N) is 4. The second-order valence-corrected chi connectivity index (χ2v) is 7.81. The van der Waals surface area contributed by atoms with Crippen LogP contribution in [-0.4, -0.2) is 59.9 Å². The SMILES string of the molecule is O=C(NCCc1ccccc1)Nc1cn[nH]c1C(=O)Nc1ccc(CN2CCOCC2)cc1. The molecule has 3 amide bonds. The number of anilines is 2. The van der Waals surface area contributed by atoms with Crippen LogP contribution >= 0.6 is 0 Å². The summed E-state index contributed by atoms with van der Waals surface area (Å²) in [7, 11) is 0. The first-order valence-corrected chi connectivity index (χ1v) is 11.0. The van der Waals surface area contributed by atoms with Crippen molar-refractivity contribution in [3.05, 3.63) is 77.6 Å². The third-order valence-electron chi connectivity index (χ3n) is 5.38. The van der Waals surface area contributed by atoms with Gasteiger partial charge in [-0.1, -0.05) is 42.5 Å². The summed E-state index contributed by atoms with van der Waals surface area (Å²) >= 11 is 0. The van der Waals surface area contributed by atoms with Crippen LogP contribution in [0, 0.1) is 0 Å². The van der Waals surface area contributed by atoms with E-state index in [-0.39, 0.29) is 11.6 Å². The number of aromatic amines is 1. The highest BCUT2D eigenvalue weighted by Crippen LogP contribution is 2.16. The van der Waals surface area contributed by atoms with Crippen LogP contribution in [0.2, 0.25) is 0 Å². The van der Waals surface area contributed by atoms with Gasteiger partial charge in [0.1, 0.15) is 5.69 Å². The van der Waals surface area contributed by atoms with Gasteiger partial charge in [-0.2, -0.15) is 5.10 Å². The van der Waals surface area contributed by atoms with E-state index in [9.17, 15) is 9.59 Å². The minimum atomic E-state index is -0.395. The van der Waals surface area contributed by atoms with Gasteiger partial charge < -0.3 is 20.7 Å². The second kappa shape index (κ2) is 11.3. The molecule has 1 aromatic heterocycles. The van der Waals surface area contributed by atoms with Gasteiger partial charge in [-0.25, -0.2) is 4.79 Å². The highest BCUT2D eigenvalue weighted by molar-refractivity contribution is 6.08. The highest BCUT2D eigenvalue weighted by atomic mass is 16.5. The summed E-state index contributed by atoms with van der Waals surface area (Å²) in [6.07, 6.45) is 2.13. The number of carbonyl (C=O) groups is 2. The molecular weight excluding hydrogens is 420 g/mol. The number of urea groups is 1. The maximum Gasteiger partial charge on any atom is 0.319 e. The summed E-state index contributed by atoms with van der Waals surface area (Å²) in [4.78, 5) is 27.3. The lowest BCUT2D eigenvalue weighted by Crippen LogP contribution is -2.35. The summed E-state index contributed by atoms with van der Waals surface area (Å²) in [5.74, 6) is -0.381. The number of ether oxygens (including phenoxy) is 1. The van der Waals surface area contributed by atoms with E-state index in [0.717, 1.165) is 38.4 Å². The van der Waals surface area contributed by atoms with Crippen molar-refractivity contribution < 1.29 is 14.3 Å². The van der Waals surface area contributed by atoms with Gasteiger partial charge in [0.2, 0.25) is 0 Å². The molecule has 1 fully saturated rings. The fourth-order valence-electron chi connectivity index (χ4n) is 3.59. The summed E-state index contributed by atoms with van der Waals surface area (Å²) in [5.41, 5.74) is 3.47. The third-order valence-corrected chi connectivity index (χ3v) is 5.38. The molecule has 3 aromatic rings. The summed E-state index contributed by atoms with van der Waals surface area (Å²) in [5, 5.41) is 14.9. The molecular formula is C24H28N6O3. The van der Waals surface area contributed by atoms with Gasteiger partial charge >= 0.3 is 6.03 Å². The van der Waals surface area contributed by atoms with Crippen LogP contribution in [0.25, 0.3) is 0 Å². The van der Waals surface area contributed by atoms with Crippen molar-refractivity contribution in [2.24, 2.45) is 0 Å². The molecule has 0 spiro atoms. The highest BCUT2D eigenvalue weighted by Gasteiger charge is 2.16. The molecule has 0 saturated carbocycles. The average Bonchev–Trinajstić information content (AvgIpc) is 3.30. The lowest BCUT2D eigenvalue weighted by molar-refractivity contribution is 0.0342. The van der Waals surface area contributed by atoms with Gasteiger partial charge in [-0.05, 0) is 29.7 Å². The van der Waals surface area contributed by atoms with Crippen LogP contribution in [-0.2, 0) is 17.7 Å². The van der Waals surface area contributed by atoms with Crippen molar-refractivity contribution in [2.75, 3.05) is 43.5 Å². The number of rotatable bonds is 8. The predicted octanol–water partition coefficient (Wildman–Crippen LogP) is 2.86. The minimum absolute atomic E-state index is 0.186. The van der Waals surface area contributed by atoms with E-state index in [1.54, 1.807) is 0 Å². The lowest BCUT2D eigenvalue weighted by Gasteiger charge is -2.26. The van der Waals surface area contributed by atoms with Gasteiger partial charge in [0.05, 0.1) is 25.1 Å². The van der Waals surface area contributed by atoms with Gasteiger partial charge in [-0.15, -0.1) is 0 Å². The van der Waals surface area contributed by atoms with E-state index in [4.69, 9.17) is 4.74 Å². The Balaban J connectivity index is 1.26. The summed E-state index contributed by atoms with van der Waals surface area (Å²) in [6.45, 7) is 4.71. The molecule has 4 N–H and O–H groups in total. The molecule has 9 heteroatoms. The van der Waals surface area contributed by atoms with Crippen LogP contribution in [0.5, 0.6) is 0 Å². The second-order valence-electron chi connectivity index (χ2n) is 7.81. The first kappa shape index (κ1) is 22.5. The van der Waals surface area contributed by atoms with E-state index in [1.165, 1.54) is 11.8 Å². The molecule has 9 nitrogen and oxygen atoms in total. The number of hydrogen-bond donors (Lipinski definition) is 4. The summed E-state index contributed by atoms with van der Waals surface area (Å²) < 4.78 is 5.38. The predicted molar refractivity (Wildman–Crippen MR) is 126 cm³/mol. The van der Waals surface area contributed by atoms with Gasteiger partial charge in [0.15, 0.2) is 0 Å². The number of nitrogens with zero attached hydrogens (tertiary/aromatic N) is 2. The fourth-order valence-corrected chi connectivity index (χ4v) is 3.59. The van der Waals surface area contributed by atoms with Crippen molar-refractivity contribution in [1.29, 1.82) is 0 Å². The van der Waals surface area contributed by atoms with E-state index >= 15 is 0 Å². The molecule has 0 bridgehead atoms. The largest absolute Gasteiger partial charge is 0.379 e. The van der Waals surface area contributed by atoms with E-state index < -0.39 is 6.03 Å². The van der Waals surface area contributed by atoms with Gasteiger partial charge in [0, 0.05) is 31.9 Å². The van der Waals surface area contributed by atoms with E-state index in [2.05, 4.69) is 31.0 Å². The smallest absolute Gasteiger partial charge is 0.319 e. The molecule has 4 rings (SSSR count). The van der Waals surface area contributed by atoms with Crippen LogP contribution in [0.4, 0.5) is 16.2 Å². The van der Waals surface area contributed by atoms with Crippen LogP contribution in [0.15, 0.2) is 60.8 Å². The molecule has 1 saturated heterocycles. The zero-order valence-electron chi connectivity index (χ0n) is 18.3. The van der Waals surface area contributed by atoms with E-state index in [0.29, 0.717) is 24.3 Å². The monoisotopic (exact) mass is 448 g/mol. The number of benzene rings is 2. The lowest BCUT2D eigenvalue weighted by atomic mass is 10.1. The molecule has 0 atom stereocenters. The van der Waals surface area contributed by atoms with Crippen molar-refractivity contribution in [3.63, 3.8) is 0 Å². The number of carbonyl (C=O) groups excluding carboxylic acids is 2. The molecule has 1 aliphatic heterocycles. The molecule has 33 heavy (non-hydrogen) atoms. The van der Waals surface area contributed by atoms with Crippen molar-refractivity contribution in [3.8, 4) is 0 Å². The fraction of sp³-hybridized carbons (Fsp3) is 0.292. The summed E-state index contributed by atoms with van der Waals surface area (Å²) in [6, 6.07) is 17.2. The van der Waals surface area contributed by atoms with Gasteiger partial charge in [0.25, 0.3) is 5.91 Å². The molecule has 2 aromatic carbocycles. The number of H-pyrrole nitrogens is 1. The van der Waals surface area contributed by atoms with Crippen molar-refractivity contribution >= 4 is 23.3 Å². The maximum absolute atomic E-state index is 12.7. The molecule has 172 valence electrons. The zero-order chi connectivity index (χ0) is 22.9. The van der Waals surface area contributed by atoms with Crippen LogP contribution in [0.1, 0.15) is 21.6 Å². The third kappa shape index (κ3) is 6.64.